The average Bonchev–Trinajstić information content (AvgIpc) is 3.17. The van der Waals surface area contributed by atoms with Gasteiger partial charge in [-0.05, 0) is 48.0 Å². The van der Waals surface area contributed by atoms with E-state index in [1.807, 2.05) is 6.92 Å². The minimum Gasteiger partial charge on any atom is -0.442 e. The molecule has 1 saturated heterocycles. The number of ether oxygens (including phenoxy) is 1. The Labute approximate surface area is 169 Å². The summed E-state index contributed by atoms with van der Waals surface area (Å²) in [5.41, 5.74) is 2.22. The van der Waals surface area contributed by atoms with Gasteiger partial charge in [0.15, 0.2) is 0 Å². The van der Waals surface area contributed by atoms with Crippen molar-refractivity contribution in [2.75, 3.05) is 18.0 Å². The van der Waals surface area contributed by atoms with Crippen LogP contribution in [0.4, 0.5) is 14.9 Å². The quantitative estimate of drug-likeness (QED) is 0.746. The third-order valence-corrected chi connectivity index (χ3v) is 5.11. The number of hydrogen-bond donors (Lipinski definition) is 1. The maximum absolute atomic E-state index is 14.9. The van der Waals surface area contributed by atoms with Crippen LogP contribution in [0.2, 0.25) is 0 Å². The average molecular weight is 452 g/mol. The molecule has 28 heavy (non-hydrogen) atoms. The van der Waals surface area contributed by atoms with Crippen LogP contribution in [-0.4, -0.2) is 36.4 Å². The number of amides is 2. The minimum atomic E-state index is -0.588. The number of benzene rings is 1. The van der Waals surface area contributed by atoms with Crippen molar-refractivity contribution >= 4 is 45.8 Å². The van der Waals surface area contributed by atoms with Crippen molar-refractivity contribution in [3.63, 3.8) is 0 Å². The molecule has 1 atom stereocenters. The summed E-state index contributed by atoms with van der Waals surface area (Å²) in [6, 6.07) is 3.22. The highest BCUT2D eigenvalue weighted by Crippen LogP contribution is 2.34. The molecule has 0 bridgehead atoms. The van der Waals surface area contributed by atoms with Gasteiger partial charge in [-0.2, -0.15) is 0 Å². The Morgan fingerprint density at radius 1 is 1.43 bits per heavy atom. The smallest absolute Gasteiger partial charge is 0.414 e. The fourth-order valence-corrected chi connectivity index (χ4v) is 3.45. The number of hydrogen-bond acceptors (Lipinski definition) is 5. The summed E-state index contributed by atoms with van der Waals surface area (Å²) in [5.74, 6) is -0.0651. The van der Waals surface area contributed by atoms with Crippen molar-refractivity contribution in [2.45, 2.75) is 26.9 Å². The van der Waals surface area contributed by atoms with Crippen LogP contribution < -0.4 is 10.2 Å². The van der Waals surface area contributed by atoms with Crippen LogP contribution >= 0.6 is 15.9 Å². The van der Waals surface area contributed by atoms with Gasteiger partial charge < -0.3 is 14.6 Å². The zero-order valence-corrected chi connectivity index (χ0v) is 17.2. The number of halogens is 2. The van der Waals surface area contributed by atoms with Gasteiger partial charge in [0.25, 0.3) is 0 Å². The second-order valence-corrected chi connectivity index (χ2v) is 7.22. The zero-order valence-electron chi connectivity index (χ0n) is 15.6. The summed E-state index contributed by atoms with van der Waals surface area (Å²) >= 11 is 3.24. The number of rotatable bonds is 5. The highest BCUT2D eigenvalue weighted by molar-refractivity contribution is 9.10. The molecule has 0 spiro atoms. The van der Waals surface area contributed by atoms with E-state index in [4.69, 9.17) is 9.26 Å². The van der Waals surface area contributed by atoms with Crippen LogP contribution in [0.5, 0.6) is 0 Å². The number of nitrogens with zero attached hydrogens (tertiary/aromatic N) is 2. The minimum absolute atomic E-state index is 0.158. The summed E-state index contributed by atoms with van der Waals surface area (Å²) in [7, 11) is 0. The predicted octanol–water partition coefficient (Wildman–Crippen LogP) is 3.82. The fraction of sp³-hybridized carbons (Fsp3) is 0.316. The van der Waals surface area contributed by atoms with E-state index in [2.05, 4.69) is 26.4 Å². The summed E-state index contributed by atoms with van der Waals surface area (Å²) in [6.07, 6.45) is 2.28. The lowest BCUT2D eigenvalue weighted by Gasteiger charge is -2.16. The molecule has 2 amide bonds. The fourth-order valence-electron chi connectivity index (χ4n) is 2.87. The first-order chi connectivity index (χ1) is 13.3. The van der Waals surface area contributed by atoms with Gasteiger partial charge in [-0.3, -0.25) is 9.69 Å². The van der Waals surface area contributed by atoms with E-state index in [0.29, 0.717) is 17.0 Å². The van der Waals surface area contributed by atoms with Crippen LogP contribution in [0.1, 0.15) is 29.5 Å². The van der Waals surface area contributed by atoms with Crippen LogP contribution in [-0.2, 0) is 9.53 Å². The lowest BCUT2D eigenvalue weighted by Crippen LogP contribution is -2.33. The Hall–Kier alpha value is -2.68. The zero-order chi connectivity index (χ0) is 20.4. The van der Waals surface area contributed by atoms with E-state index in [1.165, 1.54) is 11.8 Å². The van der Waals surface area contributed by atoms with Gasteiger partial charge in [0.1, 0.15) is 17.7 Å². The molecule has 9 heteroatoms. The van der Waals surface area contributed by atoms with Crippen LogP contribution in [0.3, 0.4) is 0 Å². The van der Waals surface area contributed by atoms with Crippen molar-refractivity contribution in [3.05, 3.63) is 45.0 Å². The molecule has 0 saturated carbocycles. The summed E-state index contributed by atoms with van der Waals surface area (Å²) in [4.78, 5) is 24.5. The van der Waals surface area contributed by atoms with Crippen molar-refractivity contribution < 1.29 is 23.2 Å². The Bertz CT molecular complexity index is 937. The molecular formula is C19H19BrFN3O4. The molecule has 7 nitrogen and oxygen atoms in total. The third-order valence-electron chi connectivity index (χ3n) is 4.35. The molecule has 1 aliphatic heterocycles. The van der Waals surface area contributed by atoms with E-state index in [-0.39, 0.29) is 23.5 Å². The molecule has 148 valence electrons. The van der Waals surface area contributed by atoms with Crippen molar-refractivity contribution in [1.29, 1.82) is 0 Å². The molecule has 2 aromatic rings. The van der Waals surface area contributed by atoms with Crippen LogP contribution in [0.15, 0.2) is 21.1 Å². The first-order valence-electron chi connectivity index (χ1n) is 8.59. The monoisotopic (exact) mass is 451 g/mol. The van der Waals surface area contributed by atoms with Crippen molar-refractivity contribution in [3.8, 4) is 0 Å². The topological polar surface area (TPSA) is 84.7 Å². The molecule has 1 aromatic carbocycles. The third kappa shape index (κ3) is 4.09. The molecule has 2 heterocycles. The second kappa shape index (κ2) is 8.14. The van der Waals surface area contributed by atoms with E-state index >= 15 is 0 Å². The number of nitrogens with one attached hydrogen (secondary N) is 1. The first kappa shape index (κ1) is 20.1. The molecule has 0 radical (unpaired) electrons. The SMILES string of the molecule is CC(=O)NC[C@H]1CN(c2ccc(/C=C/c3c(C)noc3C)c(F)c2Br)C(=O)O1. The molecule has 1 fully saturated rings. The van der Waals surface area contributed by atoms with Gasteiger partial charge >= 0.3 is 6.09 Å². The van der Waals surface area contributed by atoms with E-state index in [9.17, 15) is 14.0 Å². The van der Waals surface area contributed by atoms with Crippen LogP contribution in [0, 0.1) is 19.7 Å². The molecular weight excluding hydrogens is 433 g/mol. The maximum atomic E-state index is 14.9. The van der Waals surface area contributed by atoms with Crippen molar-refractivity contribution in [1.82, 2.24) is 10.5 Å². The normalized spacial score (nSPS) is 16.7. The second-order valence-electron chi connectivity index (χ2n) is 6.43. The van der Waals surface area contributed by atoms with Gasteiger partial charge in [-0.1, -0.05) is 11.2 Å². The number of aryl methyl sites for hydroxylation is 2. The van der Waals surface area contributed by atoms with Crippen LogP contribution in [0.25, 0.3) is 12.2 Å². The maximum Gasteiger partial charge on any atom is 0.414 e. The van der Waals surface area contributed by atoms with Crippen molar-refractivity contribution in [2.24, 2.45) is 0 Å². The molecule has 1 aromatic heterocycles. The van der Waals surface area contributed by atoms with Gasteiger partial charge in [0, 0.05) is 18.1 Å². The Balaban J connectivity index is 1.80. The summed E-state index contributed by atoms with van der Waals surface area (Å²) < 4.78 is 25.3. The summed E-state index contributed by atoms with van der Waals surface area (Å²) in [5, 5.41) is 6.47. The highest BCUT2D eigenvalue weighted by atomic mass is 79.9. The van der Waals surface area contributed by atoms with Gasteiger partial charge in [-0.15, -0.1) is 0 Å². The molecule has 1 aliphatic rings. The van der Waals surface area contributed by atoms with E-state index in [0.717, 1.165) is 11.3 Å². The molecule has 3 rings (SSSR count). The standard InChI is InChI=1S/C19H19BrFN3O4/c1-10-15(11(2)28-23-10)6-4-13-5-7-16(17(20)18(13)21)24-9-14(27-19(24)26)8-22-12(3)25/h4-7,14H,8-9H2,1-3H3,(H,22,25)/b6-4+/t14-/m0/s1. The number of carbonyl (C=O) groups excluding carboxylic acids is 2. The first-order valence-corrected chi connectivity index (χ1v) is 9.38. The van der Waals surface area contributed by atoms with E-state index in [1.54, 1.807) is 31.2 Å². The lowest BCUT2D eigenvalue weighted by molar-refractivity contribution is -0.119. The lowest BCUT2D eigenvalue weighted by atomic mass is 10.1. The van der Waals surface area contributed by atoms with Gasteiger partial charge in [0.05, 0.1) is 28.9 Å². The highest BCUT2D eigenvalue weighted by Gasteiger charge is 2.34. The largest absolute Gasteiger partial charge is 0.442 e. The van der Waals surface area contributed by atoms with Gasteiger partial charge in [-0.25, -0.2) is 9.18 Å². The summed E-state index contributed by atoms with van der Waals surface area (Å²) in [6.45, 7) is 5.39. The van der Waals surface area contributed by atoms with E-state index < -0.39 is 18.0 Å². The molecule has 0 unspecified atom stereocenters. The Morgan fingerprint density at radius 2 is 2.18 bits per heavy atom. The number of carbonyl (C=O) groups is 2. The Kier molecular flexibility index (Phi) is 5.83. The number of aromatic nitrogens is 1. The molecule has 1 N–H and O–H groups in total. The Morgan fingerprint density at radius 3 is 2.82 bits per heavy atom. The number of cyclic esters (lactones) is 1. The number of anilines is 1. The van der Waals surface area contributed by atoms with Gasteiger partial charge in [0.2, 0.25) is 5.91 Å². The molecule has 0 aliphatic carbocycles. The predicted molar refractivity (Wildman–Crippen MR) is 105 cm³/mol.